The van der Waals surface area contributed by atoms with Gasteiger partial charge in [-0.25, -0.2) is 0 Å². The fraction of sp³-hybridized carbons (Fsp3) is 0.667. The van der Waals surface area contributed by atoms with E-state index in [1.165, 1.54) is 18.4 Å². The van der Waals surface area contributed by atoms with E-state index in [-0.39, 0.29) is 6.10 Å². The molecule has 1 aliphatic heterocycles. The molecule has 21 heavy (non-hydrogen) atoms. The molecule has 1 aromatic rings. The molecule has 1 aromatic carbocycles. The second-order valence-electron chi connectivity index (χ2n) is 6.47. The van der Waals surface area contributed by atoms with Gasteiger partial charge < -0.3 is 10.0 Å². The Balaban J connectivity index is 1.94. The molecule has 2 rings (SSSR count). The number of nitrogens with zero attached hydrogens (tertiary/aromatic N) is 2. The van der Waals surface area contributed by atoms with Crippen LogP contribution in [-0.4, -0.2) is 54.2 Å². The molecule has 1 N–H and O–H groups in total. The van der Waals surface area contributed by atoms with Crippen molar-refractivity contribution < 1.29 is 5.11 Å². The summed E-state index contributed by atoms with van der Waals surface area (Å²) in [6.45, 7) is 8.52. The van der Waals surface area contributed by atoms with Gasteiger partial charge in [0.25, 0.3) is 0 Å². The van der Waals surface area contributed by atoms with Crippen molar-refractivity contribution in [3.8, 4) is 0 Å². The van der Waals surface area contributed by atoms with Crippen LogP contribution >= 0.6 is 0 Å². The molecule has 0 aliphatic carbocycles. The Morgan fingerprint density at radius 3 is 2.62 bits per heavy atom. The third-order valence-corrected chi connectivity index (χ3v) is 4.50. The standard InChI is InChI=1S/C18H30N2O/c1-4-6-16-7-9-17(10-8-16)18(21)14-20-12-5-11-19(3)13-15(20)2/h7-10,15,18,21H,4-6,11-14H2,1-3H3. The lowest BCUT2D eigenvalue weighted by atomic mass is 10.0. The zero-order valence-corrected chi connectivity index (χ0v) is 13.8. The summed E-state index contributed by atoms with van der Waals surface area (Å²) in [5.74, 6) is 0. The van der Waals surface area contributed by atoms with Crippen LogP contribution in [0.1, 0.15) is 43.9 Å². The van der Waals surface area contributed by atoms with Gasteiger partial charge in [0.1, 0.15) is 0 Å². The highest BCUT2D eigenvalue weighted by Gasteiger charge is 2.22. The topological polar surface area (TPSA) is 26.7 Å². The first-order chi connectivity index (χ1) is 10.1. The molecule has 0 aromatic heterocycles. The van der Waals surface area contributed by atoms with Crippen LogP contribution in [0.25, 0.3) is 0 Å². The monoisotopic (exact) mass is 290 g/mol. The van der Waals surface area contributed by atoms with Crippen LogP contribution < -0.4 is 0 Å². The number of aliphatic hydroxyl groups is 1. The van der Waals surface area contributed by atoms with E-state index in [0.29, 0.717) is 6.04 Å². The van der Waals surface area contributed by atoms with E-state index < -0.39 is 0 Å². The minimum Gasteiger partial charge on any atom is -0.387 e. The minimum atomic E-state index is -0.383. The first kappa shape index (κ1) is 16.5. The Morgan fingerprint density at radius 1 is 1.24 bits per heavy atom. The van der Waals surface area contributed by atoms with Crippen molar-refractivity contribution in [2.24, 2.45) is 0 Å². The summed E-state index contributed by atoms with van der Waals surface area (Å²) in [6.07, 6.45) is 3.08. The average Bonchev–Trinajstić information content (AvgIpc) is 2.61. The van der Waals surface area contributed by atoms with Gasteiger partial charge in [-0.3, -0.25) is 4.90 Å². The SMILES string of the molecule is CCCc1ccc(C(O)CN2CCCN(C)CC2C)cc1. The van der Waals surface area contributed by atoms with E-state index >= 15 is 0 Å². The zero-order valence-electron chi connectivity index (χ0n) is 13.8. The molecule has 1 saturated heterocycles. The molecule has 2 atom stereocenters. The molecule has 3 heteroatoms. The van der Waals surface area contributed by atoms with Gasteiger partial charge in [-0.05, 0) is 51.0 Å². The maximum atomic E-state index is 10.5. The Bertz CT molecular complexity index is 418. The maximum absolute atomic E-state index is 10.5. The summed E-state index contributed by atoms with van der Waals surface area (Å²) < 4.78 is 0. The lowest BCUT2D eigenvalue weighted by molar-refractivity contribution is 0.0920. The van der Waals surface area contributed by atoms with Crippen molar-refractivity contribution in [3.05, 3.63) is 35.4 Å². The Morgan fingerprint density at radius 2 is 1.95 bits per heavy atom. The molecule has 1 fully saturated rings. The molecule has 0 spiro atoms. The molecular formula is C18H30N2O. The van der Waals surface area contributed by atoms with Crippen molar-refractivity contribution in [1.29, 1.82) is 0 Å². The van der Waals surface area contributed by atoms with Crippen LogP contribution in [0.3, 0.4) is 0 Å². The summed E-state index contributed by atoms with van der Waals surface area (Å²) in [4.78, 5) is 4.81. The number of rotatable bonds is 5. The van der Waals surface area contributed by atoms with Crippen molar-refractivity contribution in [1.82, 2.24) is 9.80 Å². The molecule has 118 valence electrons. The molecule has 0 bridgehead atoms. The van der Waals surface area contributed by atoms with Gasteiger partial charge in [-0.2, -0.15) is 0 Å². The predicted molar refractivity (Wildman–Crippen MR) is 88.5 cm³/mol. The van der Waals surface area contributed by atoms with Crippen LogP contribution in [0.4, 0.5) is 0 Å². The Hall–Kier alpha value is -0.900. The summed E-state index contributed by atoms with van der Waals surface area (Å²) >= 11 is 0. The lowest BCUT2D eigenvalue weighted by Crippen LogP contribution is -2.40. The summed E-state index contributed by atoms with van der Waals surface area (Å²) in [7, 11) is 2.18. The van der Waals surface area contributed by atoms with Gasteiger partial charge in [-0.1, -0.05) is 37.6 Å². The van der Waals surface area contributed by atoms with Crippen molar-refractivity contribution in [2.75, 3.05) is 33.2 Å². The number of aryl methyl sites for hydroxylation is 1. The molecule has 1 heterocycles. The second kappa shape index (κ2) is 7.92. The fourth-order valence-electron chi connectivity index (χ4n) is 3.22. The normalized spacial score (nSPS) is 23.0. The van der Waals surface area contributed by atoms with Crippen molar-refractivity contribution in [2.45, 2.75) is 45.3 Å². The van der Waals surface area contributed by atoms with Crippen LogP contribution in [0.2, 0.25) is 0 Å². The first-order valence-corrected chi connectivity index (χ1v) is 8.29. The molecule has 0 saturated carbocycles. The molecule has 0 amide bonds. The van der Waals surface area contributed by atoms with Crippen LogP contribution in [-0.2, 0) is 6.42 Å². The third-order valence-electron chi connectivity index (χ3n) is 4.50. The van der Waals surface area contributed by atoms with Crippen molar-refractivity contribution >= 4 is 0 Å². The van der Waals surface area contributed by atoms with E-state index in [4.69, 9.17) is 0 Å². The van der Waals surface area contributed by atoms with Gasteiger partial charge in [-0.15, -0.1) is 0 Å². The molecule has 0 radical (unpaired) electrons. The van der Waals surface area contributed by atoms with E-state index in [1.807, 2.05) is 0 Å². The minimum absolute atomic E-state index is 0.383. The highest BCUT2D eigenvalue weighted by atomic mass is 16.3. The number of hydrogen-bond donors (Lipinski definition) is 1. The zero-order chi connectivity index (χ0) is 15.2. The number of benzene rings is 1. The smallest absolute Gasteiger partial charge is 0.0917 e. The summed E-state index contributed by atoms with van der Waals surface area (Å²) in [6, 6.07) is 8.99. The van der Waals surface area contributed by atoms with Crippen LogP contribution in [0, 0.1) is 0 Å². The van der Waals surface area contributed by atoms with Gasteiger partial charge >= 0.3 is 0 Å². The fourth-order valence-corrected chi connectivity index (χ4v) is 3.22. The average molecular weight is 290 g/mol. The largest absolute Gasteiger partial charge is 0.387 e. The predicted octanol–water partition coefficient (Wildman–Crippen LogP) is 2.70. The van der Waals surface area contributed by atoms with Gasteiger partial charge in [0.15, 0.2) is 0 Å². The lowest BCUT2D eigenvalue weighted by Gasteiger charge is -2.29. The first-order valence-electron chi connectivity index (χ1n) is 8.29. The number of β-amino-alcohol motifs (C(OH)–C–C–N with tert-alkyl or cyclic N) is 1. The van der Waals surface area contributed by atoms with Crippen LogP contribution in [0.5, 0.6) is 0 Å². The highest BCUT2D eigenvalue weighted by molar-refractivity contribution is 5.24. The third kappa shape index (κ3) is 4.80. The molecule has 2 unspecified atom stereocenters. The molecular weight excluding hydrogens is 260 g/mol. The van der Waals surface area contributed by atoms with Crippen molar-refractivity contribution in [3.63, 3.8) is 0 Å². The number of aliphatic hydroxyl groups excluding tert-OH is 1. The van der Waals surface area contributed by atoms with E-state index in [0.717, 1.165) is 38.2 Å². The Kier molecular flexibility index (Phi) is 6.22. The quantitative estimate of drug-likeness (QED) is 0.903. The summed E-state index contributed by atoms with van der Waals surface area (Å²) in [5, 5.41) is 10.5. The Labute approximate surface area is 129 Å². The van der Waals surface area contributed by atoms with Gasteiger partial charge in [0.2, 0.25) is 0 Å². The number of likely N-dealkylation sites (N-methyl/N-ethyl adjacent to an activating group) is 1. The number of hydrogen-bond acceptors (Lipinski definition) is 3. The van der Waals surface area contributed by atoms with E-state index in [1.54, 1.807) is 0 Å². The molecule has 1 aliphatic rings. The maximum Gasteiger partial charge on any atom is 0.0917 e. The summed E-state index contributed by atoms with van der Waals surface area (Å²) in [5.41, 5.74) is 2.40. The van der Waals surface area contributed by atoms with E-state index in [2.05, 4.69) is 55.0 Å². The van der Waals surface area contributed by atoms with Crippen LogP contribution in [0.15, 0.2) is 24.3 Å². The van der Waals surface area contributed by atoms with Gasteiger partial charge in [0.05, 0.1) is 6.10 Å². The molecule has 3 nitrogen and oxygen atoms in total. The second-order valence-corrected chi connectivity index (χ2v) is 6.47. The van der Waals surface area contributed by atoms with E-state index in [9.17, 15) is 5.11 Å². The van der Waals surface area contributed by atoms with Gasteiger partial charge in [0, 0.05) is 19.1 Å². The highest BCUT2D eigenvalue weighted by Crippen LogP contribution is 2.18.